The molecule has 0 aliphatic rings. The molecule has 0 radical (unpaired) electrons. The molecule has 31 heavy (non-hydrogen) atoms. The first-order chi connectivity index (χ1) is 14.9. The fourth-order valence-electron chi connectivity index (χ4n) is 3.06. The normalized spacial score (nSPS) is 11.0. The number of nitrogens with one attached hydrogen (secondary N) is 1. The zero-order valence-corrected chi connectivity index (χ0v) is 19.0. The lowest BCUT2D eigenvalue weighted by Gasteiger charge is -2.14. The molecule has 0 spiro atoms. The molecule has 1 heterocycles. The summed E-state index contributed by atoms with van der Waals surface area (Å²) in [5.74, 6) is 0.552. The Morgan fingerprint density at radius 1 is 1.10 bits per heavy atom. The number of carbonyl (C=O) groups is 2. The van der Waals surface area contributed by atoms with E-state index in [9.17, 15) is 9.59 Å². The lowest BCUT2D eigenvalue weighted by molar-refractivity contribution is 0.0606. The maximum absolute atomic E-state index is 12.8. The van der Waals surface area contributed by atoms with Crippen molar-refractivity contribution in [1.29, 1.82) is 0 Å². The van der Waals surface area contributed by atoms with E-state index in [4.69, 9.17) is 14.2 Å². The van der Waals surface area contributed by atoms with Crippen LogP contribution in [0.2, 0.25) is 0 Å². The van der Waals surface area contributed by atoms with E-state index in [1.54, 1.807) is 24.3 Å². The van der Waals surface area contributed by atoms with Crippen molar-refractivity contribution in [2.75, 3.05) is 25.6 Å². The number of fused-ring (bicyclic) bond motifs is 1. The fraction of sp³-hybridized carbons (Fsp3) is 0.333. The molecule has 0 fully saturated rings. The fourth-order valence-corrected chi connectivity index (χ4v) is 4.02. The van der Waals surface area contributed by atoms with E-state index in [2.05, 4.69) is 19.2 Å². The summed E-state index contributed by atoms with van der Waals surface area (Å²) in [6.07, 6.45) is 0. The van der Waals surface area contributed by atoms with Gasteiger partial charge in [-0.15, -0.1) is 11.3 Å². The summed E-state index contributed by atoms with van der Waals surface area (Å²) in [6.45, 7) is 7.65. The van der Waals surface area contributed by atoms with E-state index in [1.807, 2.05) is 25.1 Å². The van der Waals surface area contributed by atoms with Crippen LogP contribution in [0.1, 0.15) is 46.4 Å². The first-order valence-electron chi connectivity index (χ1n) is 10.2. The molecule has 6 nitrogen and oxygen atoms in total. The second-order valence-corrected chi connectivity index (χ2v) is 8.56. The highest BCUT2D eigenvalue weighted by Gasteiger charge is 2.14. The molecule has 0 aliphatic carbocycles. The summed E-state index contributed by atoms with van der Waals surface area (Å²) in [6, 6.07) is 12.7. The quantitative estimate of drug-likeness (QED) is 0.443. The lowest BCUT2D eigenvalue weighted by Crippen LogP contribution is -2.13. The van der Waals surface area contributed by atoms with Gasteiger partial charge in [0, 0.05) is 28.1 Å². The molecule has 3 aromatic rings. The van der Waals surface area contributed by atoms with Crippen LogP contribution >= 0.6 is 11.3 Å². The summed E-state index contributed by atoms with van der Waals surface area (Å²) >= 11 is 1.36. The molecule has 0 aliphatic heterocycles. The summed E-state index contributed by atoms with van der Waals surface area (Å²) in [4.78, 5) is 25.1. The van der Waals surface area contributed by atoms with Gasteiger partial charge in [0.05, 0.1) is 20.3 Å². The Labute approximate surface area is 186 Å². The third-order valence-electron chi connectivity index (χ3n) is 4.49. The number of amides is 1. The van der Waals surface area contributed by atoms with Gasteiger partial charge in [-0.2, -0.15) is 0 Å². The minimum atomic E-state index is -0.367. The number of rotatable bonds is 9. The van der Waals surface area contributed by atoms with Crippen LogP contribution in [0.4, 0.5) is 5.69 Å². The van der Waals surface area contributed by atoms with Gasteiger partial charge >= 0.3 is 5.97 Å². The van der Waals surface area contributed by atoms with Crippen LogP contribution in [0.5, 0.6) is 5.75 Å². The maximum atomic E-state index is 12.8. The number of hydrogen-bond donors (Lipinski definition) is 1. The molecule has 7 heteroatoms. The average Bonchev–Trinajstić information content (AvgIpc) is 3.17. The minimum Gasteiger partial charge on any atom is -0.494 e. The van der Waals surface area contributed by atoms with E-state index in [0.717, 1.165) is 21.4 Å². The van der Waals surface area contributed by atoms with Gasteiger partial charge in [0.25, 0.3) is 5.91 Å². The van der Waals surface area contributed by atoms with Crippen molar-refractivity contribution in [1.82, 2.24) is 0 Å². The number of esters is 1. The molecular formula is C24H27NO5S. The predicted molar refractivity (Wildman–Crippen MR) is 123 cm³/mol. The third kappa shape index (κ3) is 5.83. The maximum Gasteiger partial charge on any atom is 0.348 e. The van der Waals surface area contributed by atoms with Crippen molar-refractivity contribution in [2.45, 2.75) is 27.4 Å². The molecule has 3 rings (SSSR count). The summed E-state index contributed by atoms with van der Waals surface area (Å²) in [7, 11) is 1.36. The topological polar surface area (TPSA) is 73.9 Å². The zero-order chi connectivity index (χ0) is 22.4. The van der Waals surface area contributed by atoms with Crippen LogP contribution < -0.4 is 10.1 Å². The predicted octanol–water partition coefficient (Wildman–Crippen LogP) is 5.51. The molecule has 0 saturated carbocycles. The highest BCUT2D eigenvalue weighted by molar-refractivity contribution is 7.20. The van der Waals surface area contributed by atoms with Crippen molar-refractivity contribution in [2.24, 2.45) is 5.92 Å². The second kappa shape index (κ2) is 10.4. The number of methoxy groups -OCH3 is 1. The zero-order valence-electron chi connectivity index (χ0n) is 18.2. The largest absolute Gasteiger partial charge is 0.494 e. The molecule has 1 aromatic heterocycles. The summed E-state index contributed by atoms with van der Waals surface area (Å²) in [5.41, 5.74) is 2.01. The molecule has 1 amide bonds. The van der Waals surface area contributed by atoms with Crippen LogP contribution in [0, 0.1) is 5.92 Å². The van der Waals surface area contributed by atoms with Gasteiger partial charge in [-0.3, -0.25) is 4.79 Å². The molecule has 0 bridgehead atoms. The number of carbonyl (C=O) groups excluding carboxylic acids is 2. The van der Waals surface area contributed by atoms with Gasteiger partial charge in [-0.05, 0) is 60.7 Å². The van der Waals surface area contributed by atoms with Gasteiger partial charge in [0.15, 0.2) is 0 Å². The van der Waals surface area contributed by atoms with Crippen LogP contribution in [-0.2, 0) is 16.1 Å². The first-order valence-corrected chi connectivity index (χ1v) is 11.0. The highest BCUT2D eigenvalue weighted by Crippen LogP contribution is 2.29. The Bertz CT molecular complexity index is 1070. The standard InChI is InChI=1S/C24H27NO5S/c1-5-30-20-8-6-16(10-18(20)14-29-13-15(2)3)23(26)25-19-7-9-21-17(11-19)12-22(31-21)24(27)28-4/h6-12,15H,5,13-14H2,1-4H3,(H,25,26). The second-order valence-electron chi connectivity index (χ2n) is 7.47. The van der Waals surface area contributed by atoms with Gasteiger partial charge < -0.3 is 19.5 Å². The molecule has 164 valence electrons. The number of hydrogen-bond acceptors (Lipinski definition) is 6. The third-order valence-corrected chi connectivity index (χ3v) is 5.59. The van der Waals surface area contributed by atoms with Crippen LogP contribution in [-0.4, -0.2) is 32.2 Å². The van der Waals surface area contributed by atoms with Gasteiger partial charge in [0.1, 0.15) is 10.6 Å². The molecular weight excluding hydrogens is 414 g/mol. The molecule has 2 aromatic carbocycles. The van der Waals surface area contributed by atoms with Crippen molar-refractivity contribution in [3.05, 3.63) is 58.5 Å². The van der Waals surface area contributed by atoms with E-state index in [1.165, 1.54) is 18.4 Å². The lowest BCUT2D eigenvalue weighted by atomic mass is 10.1. The van der Waals surface area contributed by atoms with Crippen molar-refractivity contribution in [3.8, 4) is 5.75 Å². The van der Waals surface area contributed by atoms with Crippen LogP contribution in [0.15, 0.2) is 42.5 Å². The van der Waals surface area contributed by atoms with E-state index < -0.39 is 0 Å². The van der Waals surface area contributed by atoms with Gasteiger partial charge in [0.2, 0.25) is 0 Å². The minimum absolute atomic E-state index is 0.226. The van der Waals surface area contributed by atoms with Crippen molar-refractivity contribution in [3.63, 3.8) is 0 Å². The number of benzene rings is 2. The highest BCUT2D eigenvalue weighted by atomic mass is 32.1. The van der Waals surface area contributed by atoms with Gasteiger partial charge in [-0.1, -0.05) is 13.8 Å². The SMILES string of the molecule is CCOc1ccc(C(=O)Nc2ccc3sc(C(=O)OC)cc3c2)cc1COCC(C)C. The van der Waals surface area contributed by atoms with E-state index in [0.29, 0.717) is 41.9 Å². The molecule has 1 N–H and O–H groups in total. The Balaban J connectivity index is 1.77. The van der Waals surface area contributed by atoms with Crippen LogP contribution in [0.25, 0.3) is 10.1 Å². The number of anilines is 1. The molecule has 0 atom stereocenters. The Kier molecular flexibility index (Phi) is 7.65. The molecule has 0 saturated heterocycles. The number of ether oxygens (including phenoxy) is 3. The Hall–Kier alpha value is -2.90. The first kappa shape index (κ1) is 22.8. The molecule has 0 unspecified atom stereocenters. The van der Waals surface area contributed by atoms with Crippen molar-refractivity contribution >= 4 is 39.0 Å². The number of thiophene rings is 1. The monoisotopic (exact) mass is 441 g/mol. The average molecular weight is 442 g/mol. The smallest absolute Gasteiger partial charge is 0.348 e. The van der Waals surface area contributed by atoms with Gasteiger partial charge in [-0.25, -0.2) is 4.79 Å². The summed E-state index contributed by atoms with van der Waals surface area (Å²) < 4.78 is 17.2. The Morgan fingerprint density at radius 2 is 1.90 bits per heavy atom. The van der Waals surface area contributed by atoms with E-state index in [-0.39, 0.29) is 11.9 Å². The van der Waals surface area contributed by atoms with Crippen molar-refractivity contribution < 1.29 is 23.8 Å². The Morgan fingerprint density at radius 3 is 2.61 bits per heavy atom. The van der Waals surface area contributed by atoms with Crippen LogP contribution in [0.3, 0.4) is 0 Å². The van der Waals surface area contributed by atoms with E-state index >= 15 is 0 Å². The summed E-state index contributed by atoms with van der Waals surface area (Å²) in [5, 5.41) is 3.80.